The molecule has 0 radical (unpaired) electrons. The second-order valence-corrected chi connectivity index (χ2v) is 6.09. The summed E-state index contributed by atoms with van der Waals surface area (Å²) in [5, 5.41) is 0.985. The van der Waals surface area contributed by atoms with Gasteiger partial charge in [-0.25, -0.2) is 4.79 Å². The van der Waals surface area contributed by atoms with Gasteiger partial charge in [-0.05, 0) is 45.0 Å². The highest BCUT2D eigenvalue weighted by molar-refractivity contribution is 5.82. The van der Waals surface area contributed by atoms with E-state index in [1.165, 1.54) is 4.90 Å². The van der Waals surface area contributed by atoms with Crippen LogP contribution in [0.3, 0.4) is 0 Å². The summed E-state index contributed by atoms with van der Waals surface area (Å²) < 4.78 is 5.32. The van der Waals surface area contributed by atoms with E-state index >= 15 is 0 Å². The number of fused-ring (bicyclic) bond motifs is 1. The Balaban J connectivity index is 2.12. The molecule has 0 bridgehead atoms. The lowest BCUT2D eigenvalue weighted by molar-refractivity contribution is 0.0283. The Hall–Kier alpha value is -2.30. The average molecular weight is 287 g/mol. The van der Waals surface area contributed by atoms with Crippen LogP contribution >= 0.6 is 0 Å². The van der Waals surface area contributed by atoms with E-state index in [0.29, 0.717) is 12.2 Å². The van der Waals surface area contributed by atoms with Crippen LogP contribution in [0.5, 0.6) is 0 Å². The molecule has 0 aliphatic carbocycles. The van der Waals surface area contributed by atoms with E-state index in [0.717, 1.165) is 16.6 Å². The van der Waals surface area contributed by atoms with Crippen molar-refractivity contribution in [1.29, 1.82) is 0 Å². The minimum atomic E-state index is -0.500. The molecule has 0 aliphatic rings. The smallest absolute Gasteiger partial charge is 0.410 e. The number of carbonyl (C=O) groups is 1. The molecule has 0 saturated heterocycles. The molecule has 112 valence electrons. The third kappa shape index (κ3) is 4.08. The van der Waals surface area contributed by atoms with Crippen LogP contribution in [-0.4, -0.2) is 28.6 Å². The van der Waals surface area contributed by atoms with Crippen LogP contribution in [0, 0.1) is 0 Å². The summed E-state index contributed by atoms with van der Waals surface area (Å²) in [6.07, 6.45) is -0.360. The van der Waals surface area contributed by atoms with Crippen LogP contribution in [0.2, 0.25) is 0 Å². The number of aromatic nitrogens is 1. The summed E-state index contributed by atoms with van der Waals surface area (Å²) >= 11 is 0. The summed E-state index contributed by atoms with van der Waals surface area (Å²) in [4.78, 5) is 18.0. The first-order valence-electron chi connectivity index (χ1n) is 6.84. The van der Waals surface area contributed by atoms with Crippen molar-refractivity contribution in [3.63, 3.8) is 0 Å². The molecule has 5 heteroatoms. The minimum Gasteiger partial charge on any atom is -0.444 e. The number of ether oxygens (including phenoxy) is 1. The van der Waals surface area contributed by atoms with Gasteiger partial charge in [0, 0.05) is 18.1 Å². The van der Waals surface area contributed by atoms with E-state index in [4.69, 9.17) is 10.5 Å². The first-order chi connectivity index (χ1) is 9.74. The third-order valence-electron chi connectivity index (χ3n) is 2.88. The molecule has 1 amide bonds. The molecule has 1 aromatic carbocycles. The summed E-state index contributed by atoms with van der Waals surface area (Å²) in [5.74, 6) is 0. The predicted octanol–water partition coefficient (Wildman–Crippen LogP) is 3.18. The van der Waals surface area contributed by atoms with Crippen molar-refractivity contribution in [2.24, 2.45) is 0 Å². The van der Waals surface area contributed by atoms with Crippen molar-refractivity contribution in [2.75, 3.05) is 12.8 Å². The zero-order valence-electron chi connectivity index (χ0n) is 12.9. The highest BCUT2D eigenvalue weighted by Gasteiger charge is 2.19. The minimum absolute atomic E-state index is 0.360. The van der Waals surface area contributed by atoms with Gasteiger partial charge in [-0.1, -0.05) is 6.07 Å². The lowest BCUT2D eigenvalue weighted by Gasteiger charge is -2.24. The summed E-state index contributed by atoms with van der Waals surface area (Å²) in [6, 6.07) is 9.42. The monoisotopic (exact) mass is 287 g/mol. The van der Waals surface area contributed by atoms with Gasteiger partial charge >= 0.3 is 6.09 Å². The van der Waals surface area contributed by atoms with Gasteiger partial charge in [-0.3, -0.25) is 4.98 Å². The molecule has 0 spiro atoms. The topological polar surface area (TPSA) is 68.5 Å². The van der Waals surface area contributed by atoms with Gasteiger partial charge in [0.25, 0.3) is 0 Å². The molecular formula is C16H21N3O2. The van der Waals surface area contributed by atoms with Crippen LogP contribution < -0.4 is 5.73 Å². The van der Waals surface area contributed by atoms with Crippen LogP contribution in [0.15, 0.2) is 30.3 Å². The van der Waals surface area contributed by atoms with Crippen molar-refractivity contribution in [2.45, 2.75) is 32.9 Å². The first-order valence-corrected chi connectivity index (χ1v) is 6.84. The van der Waals surface area contributed by atoms with Gasteiger partial charge < -0.3 is 15.4 Å². The average Bonchev–Trinajstić information content (AvgIpc) is 2.37. The summed E-state index contributed by atoms with van der Waals surface area (Å²) in [5.41, 5.74) is 7.62. The molecule has 0 saturated carbocycles. The Bertz CT molecular complexity index is 662. The Morgan fingerprint density at radius 2 is 2.00 bits per heavy atom. The Morgan fingerprint density at radius 1 is 1.29 bits per heavy atom. The van der Waals surface area contributed by atoms with E-state index in [9.17, 15) is 4.79 Å². The quantitative estimate of drug-likeness (QED) is 0.861. The molecule has 1 aromatic heterocycles. The zero-order valence-corrected chi connectivity index (χ0v) is 12.9. The second-order valence-electron chi connectivity index (χ2n) is 6.09. The number of carbonyl (C=O) groups excluding carboxylic acids is 1. The molecule has 0 unspecified atom stereocenters. The van der Waals surface area contributed by atoms with Gasteiger partial charge in [0.05, 0.1) is 17.8 Å². The lowest BCUT2D eigenvalue weighted by Crippen LogP contribution is -2.34. The largest absolute Gasteiger partial charge is 0.444 e. The van der Waals surface area contributed by atoms with Crippen molar-refractivity contribution in [3.8, 4) is 0 Å². The van der Waals surface area contributed by atoms with E-state index in [-0.39, 0.29) is 6.09 Å². The van der Waals surface area contributed by atoms with Crippen LogP contribution in [-0.2, 0) is 11.3 Å². The first kappa shape index (κ1) is 15.1. The standard InChI is InChI=1S/C16H21N3O2/c1-16(2,3)21-15(20)19(4)10-13-7-5-11-9-12(17)6-8-14(11)18-13/h5-9H,10,17H2,1-4H3. The normalized spacial score (nSPS) is 11.4. The maximum Gasteiger partial charge on any atom is 0.410 e. The van der Waals surface area contributed by atoms with Crippen molar-refractivity contribution < 1.29 is 9.53 Å². The number of nitrogens with two attached hydrogens (primary N) is 1. The van der Waals surface area contributed by atoms with Crippen molar-refractivity contribution >= 4 is 22.7 Å². The third-order valence-corrected chi connectivity index (χ3v) is 2.88. The van der Waals surface area contributed by atoms with Crippen molar-refractivity contribution in [1.82, 2.24) is 9.88 Å². The van der Waals surface area contributed by atoms with E-state index in [1.54, 1.807) is 7.05 Å². The Labute approximate surface area is 124 Å². The van der Waals surface area contributed by atoms with Crippen LogP contribution in [0.4, 0.5) is 10.5 Å². The molecule has 2 rings (SSSR count). The number of nitrogens with zero attached hydrogens (tertiary/aromatic N) is 2. The summed E-state index contributed by atoms with van der Waals surface area (Å²) in [6.45, 7) is 5.93. The highest BCUT2D eigenvalue weighted by Crippen LogP contribution is 2.17. The van der Waals surface area contributed by atoms with Gasteiger partial charge in [-0.2, -0.15) is 0 Å². The molecule has 2 aromatic rings. The number of hydrogen-bond donors (Lipinski definition) is 1. The highest BCUT2D eigenvalue weighted by atomic mass is 16.6. The fraction of sp³-hybridized carbons (Fsp3) is 0.375. The number of anilines is 1. The molecule has 5 nitrogen and oxygen atoms in total. The molecule has 21 heavy (non-hydrogen) atoms. The fourth-order valence-corrected chi connectivity index (χ4v) is 1.92. The molecule has 0 fully saturated rings. The summed E-state index contributed by atoms with van der Waals surface area (Å²) in [7, 11) is 1.70. The van der Waals surface area contributed by atoms with E-state index < -0.39 is 5.60 Å². The zero-order chi connectivity index (χ0) is 15.6. The number of hydrogen-bond acceptors (Lipinski definition) is 4. The fourth-order valence-electron chi connectivity index (χ4n) is 1.92. The number of nitrogen functional groups attached to an aromatic ring is 1. The predicted molar refractivity (Wildman–Crippen MR) is 83.9 cm³/mol. The van der Waals surface area contributed by atoms with Crippen LogP contribution in [0.1, 0.15) is 26.5 Å². The van der Waals surface area contributed by atoms with E-state index in [1.807, 2.05) is 51.1 Å². The molecule has 0 aliphatic heterocycles. The number of benzene rings is 1. The van der Waals surface area contributed by atoms with E-state index in [2.05, 4.69) is 4.98 Å². The molecule has 2 N–H and O–H groups in total. The second kappa shape index (κ2) is 5.60. The van der Waals surface area contributed by atoms with Crippen molar-refractivity contribution in [3.05, 3.63) is 36.0 Å². The van der Waals surface area contributed by atoms with Gasteiger partial charge in [0.1, 0.15) is 5.60 Å². The number of pyridine rings is 1. The maximum absolute atomic E-state index is 11.9. The molecule has 1 heterocycles. The Morgan fingerprint density at radius 3 is 2.67 bits per heavy atom. The van der Waals surface area contributed by atoms with Crippen LogP contribution in [0.25, 0.3) is 10.9 Å². The Kier molecular flexibility index (Phi) is 4.02. The maximum atomic E-state index is 11.9. The SMILES string of the molecule is CN(Cc1ccc2cc(N)ccc2n1)C(=O)OC(C)(C)C. The number of amides is 1. The van der Waals surface area contributed by atoms with Gasteiger partial charge in [-0.15, -0.1) is 0 Å². The molecule has 0 atom stereocenters. The molecular weight excluding hydrogens is 266 g/mol. The lowest BCUT2D eigenvalue weighted by atomic mass is 10.2. The van der Waals surface area contributed by atoms with Gasteiger partial charge in [0.2, 0.25) is 0 Å². The number of rotatable bonds is 2. The van der Waals surface area contributed by atoms with Gasteiger partial charge in [0.15, 0.2) is 0 Å².